The molecule has 0 saturated carbocycles. The van der Waals surface area contributed by atoms with Crippen LogP contribution < -0.4 is 15.5 Å². The molecule has 1 saturated heterocycles. The topological polar surface area (TPSA) is 48.1 Å². The highest BCUT2D eigenvalue weighted by Gasteiger charge is 2.19. The number of rotatable bonds is 2. The maximum absolute atomic E-state index is 5.98. The molecule has 2 aliphatic rings. The molecule has 0 spiro atoms. The predicted octanol–water partition coefficient (Wildman–Crippen LogP) is 3.01. The first kappa shape index (κ1) is 16.0. The number of nitrogens with zero attached hydrogens (tertiary/aromatic N) is 4. The molecule has 0 aliphatic carbocycles. The molecule has 1 fully saturated rings. The van der Waals surface area contributed by atoms with Gasteiger partial charge in [-0.2, -0.15) is 0 Å². The molecule has 130 valence electrons. The monoisotopic (exact) mass is 335 g/mol. The highest BCUT2D eigenvalue weighted by atomic mass is 15.2. The minimum atomic E-state index is 0.783. The third-order valence-electron chi connectivity index (χ3n) is 5.15. The van der Waals surface area contributed by atoms with Crippen LogP contribution in [0.4, 0.5) is 22.7 Å². The van der Waals surface area contributed by atoms with Crippen molar-refractivity contribution in [2.45, 2.75) is 13.5 Å². The molecule has 0 bridgehead atoms. The lowest BCUT2D eigenvalue weighted by Gasteiger charge is -2.35. The Labute approximate surface area is 149 Å². The molecule has 5 heteroatoms. The van der Waals surface area contributed by atoms with Crippen molar-refractivity contribution < 1.29 is 0 Å². The fraction of sp³-hybridized carbons (Fsp3) is 0.350. The van der Waals surface area contributed by atoms with E-state index in [-0.39, 0.29) is 0 Å². The van der Waals surface area contributed by atoms with E-state index in [9.17, 15) is 0 Å². The van der Waals surface area contributed by atoms with Gasteiger partial charge in [0.25, 0.3) is 0 Å². The van der Waals surface area contributed by atoms with Crippen LogP contribution in [0.1, 0.15) is 11.1 Å². The predicted molar refractivity (Wildman–Crippen MR) is 106 cm³/mol. The normalized spacial score (nSPS) is 17.7. The van der Waals surface area contributed by atoms with Crippen LogP contribution >= 0.6 is 0 Å². The van der Waals surface area contributed by atoms with Crippen LogP contribution in [0, 0.1) is 6.92 Å². The Kier molecular flexibility index (Phi) is 4.09. The Morgan fingerprint density at radius 2 is 1.80 bits per heavy atom. The number of piperazine rings is 1. The van der Waals surface area contributed by atoms with Crippen LogP contribution in [0.15, 0.2) is 41.4 Å². The second kappa shape index (κ2) is 6.41. The molecule has 4 rings (SSSR count). The van der Waals surface area contributed by atoms with E-state index in [1.807, 2.05) is 18.5 Å². The minimum Gasteiger partial charge on any atom is -0.399 e. The van der Waals surface area contributed by atoms with Gasteiger partial charge < -0.3 is 20.4 Å². The molecule has 2 heterocycles. The van der Waals surface area contributed by atoms with Crippen LogP contribution in [0.25, 0.3) is 0 Å². The molecule has 5 nitrogen and oxygen atoms in total. The molecule has 2 aromatic carbocycles. The van der Waals surface area contributed by atoms with Gasteiger partial charge in [0, 0.05) is 43.2 Å². The van der Waals surface area contributed by atoms with Crippen LogP contribution in [0.3, 0.4) is 0 Å². The van der Waals surface area contributed by atoms with Crippen molar-refractivity contribution in [3.8, 4) is 0 Å². The summed E-state index contributed by atoms with van der Waals surface area (Å²) in [5.74, 6) is 0. The van der Waals surface area contributed by atoms with Crippen LogP contribution in [-0.2, 0) is 6.54 Å². The zero-order chi connectivity index (χ0) is 17.4. The van der Waals surface area contributed by atoms with Gasteiger partial charge in [-0.25, -0.2) is 4.99 Å². The average Bonchev–Trinajstić information content (AvgIpc) is 2.63. The number of hydrogen-bond acceptors (Lipinski definition) is 5. The molecule has 0 aromatic heterocycles. The smallest absolute Gasteiger partial charge is 0.0960 e. The van der Waals surface area contributed by atoms with Gasteiger partial charge >= 0.3 is 0 Å². The molecular weight excluding hydrogens is 310 g/mol. The summed E-state index contributed by atoms with van der Waals surface area (Å²) in [4.78, 5) is 11.7. The Bertz CT molecular complexity index is 806. The highest BCUT2D eigenvalue weighted by molar-refractivity contribution is 5.86. The van der Waals surface area contributed by atoms with E-state index in [0.717, 1.165) is 49.8 Å². The van der Waals surface area contributed by atoms with Crippen molar-refractivity contribution in [3.05, 3.63) is 47.5 Å². The van der Waals surface area contributed by atoms with E-state index < -0.39 is 0 Å². The van der Waals surface area contributed by atoms with Gasteiger partial charge in [0.1, 0.15) is 0 Å². The van der Waals surface area contributed by atoms with E-state index in [4.69, 9.17) is 5.73 Å². The molecule has 2 N–H and O–H groups in total. The molecule has 0 atom stereocenters. The van der Waals surface area contributed by atoms with Crippen molar-refractivity contribution in [1.29, 1.82) is 0 Å². The Morgan fingerprint density at radius 1 is 1.00 bits per heavy atom. The van der Waals surface area contributed by atoms with Gasteiger partial charge in [-0.05, 0) is 55.4 Å². The SMILES string of the molecule is Cc1ccc(N)cc1N1C=Nc2ccc(N3CCN(C)CC3)cc2C1. The Balaban J connectivity index is 1.59. The lowest BCUT2D eigenvalue weighted by atomic mass is 10.1. The third kappa shape index (κ3) is 3.20. The van der Waals surface area contributed by atoms with Gasteiger partial charge in [-0.15, -0.1) is 0 Å². The quantitative estimate of drug-likeness (QED) is 0.857. The number of nitrogen functional groups attached to an aromatic ring is 1. The van der Waals surface area contributed by atoms with E-state index in [1.165, 1.54) is 16.8 Å². The number of hydrogen-bond donors (Lipinski definition) is 1. The zero-order valence-electron chi connectivity index (χ0n) is 14.9. The summed E-state index contributed by atoms with van der Waals surface area (Å²) in [5, 5.41) is 0. The second-order valence-corrected chi connectivity index (χ2v) is 7.02. The summed E-state index contributed by atoms with van der Waals surface area (Å²) in [7, 11) is 2.19. The fourth-order valence-corrected chi connectivity index (χ4v) is 3.53. The number of aliphatic imine (C=N–C) groups is 1. The second-order valence-electron chi connectivity index (χ2n) is 7.02. The van der Waals surface area contributed by atoms with Crippen molar-refractivity contribution in [3.63, 3.8) is 0 Å². The molecule has 0 amide bonds. The molecule has 2 aliphatic heterocycles. The van der Waals surface area contributed by atoms with Crippen LogP contribution in [0.5, 0.6) is 0 Å². The highest BCUT2D eigenvalue weighted by Crippen LogP contribution is 2.32. The third-order valence-corrected chi connectivity index (χ3v) is 5.15. The maximum atomic E-state index is 5.98. The summed E-state index contributed by atoms with van der Waals surface area (Å²) in [5.41, 5.74) is 12.7. The Hall–Kier alpha value is -2.53. The van der Waals surface area contributed by atoms with Crippen molar-refractivity contribution in [1.82, 2.24) is 4.90 Å². The largest absolute Gasteiger partial charge is 0.399 e. The van der Waals surface area contributed by atoms with Crippen molar-refractivity contribution in [2.75, 3.05) is 48.8 Å². The first-order valence-electron chi connectivity index (χ1n) is 8.83. The number of nitrogens with two attached hydrogens (primary N) is 1. The molecule has 2 aromatic rings. The van der Waals surface area contributed by atoms with E-state index >= 15 is 0 Å². The summed E-state index contributed by atoms with van der Waals surface area (Å²) >= 11 is 0. The summed E-state index contributed by atoms with van der Waals surface area (Å²) in [6.07, 6.45) is 1.92. The van der Waals surface area contributed by atoms with Gasteiger partial charge in [0.05, 0.1) is 18.6 Å². The summed E-state index contributed by atoms with van der Waals surface area (Å²) in [6, 6.07) is 12.7. The van der Waals surface area contributed by atoms with Gasteiger partial charge in [0.15, 0.2) is 0 Å². The first-order valence-corrected chi connectivity index (χ1v) is 8.83. The maximum Gasteiger partial charge on any atom is 0.0960 e. The summed E-state index contributed by atoms with van der Waals surface area (Å²) < 4.78 is 0. The standard InChI is InChI=1S/C20H25N5/c1-15-3-4-17(21)12-20(15)25-13-16-11-18(5-6-19(16)22-14-25)24-9-7-23(2)8-10-24/h3-6,11-12,14H,7-10,13,21H2,1-2H3. The van der Waals surface area contributed by atoms with Gasteiger partial charge in [-0.3, -0.25) is 0 Å². The number of likely N-dealkylation sites (N-methyl/N-ethyl adjacent to an activating group) is 1. The minimum absolute atomic E-state index is 0.783. The van der Waals surface area contributed by atoms with E-state index in [1.54, 1.807) is 0 Å². The summed E-state index contributed by atoms with van der Waals surface area (Å²) in [6.45, 7) is 7.32. The lowest BCUT2D eigenvalue weighted by molar-refractivity contribution is 0.313. The fourth-order valence-electron chi connectivity index (χ4n) is 3.53. The zero-order valence-corrected chi connectivity index (χ0v) is 14.9. The molecule has 25 heavy (non-hydrogen) atoms. The Morgan fingerprint density at radius 3 is 2.60 bits per heavy atom. The molecule has 0 unspecified atom stereocenters. The number of benzene rings is 2. The number of anilines is 3. The van der Waals surface area contributed by atoms with E-state index in [0.29, 0.717) is 0 Å². The van der Waals surface area contributed by atoms with Gasteiger partial charge in [0.2, 0.25) is 0 Å². The van der Waals surface area contributed by atoms with Gasteiger partial charge in [-0.1, -0.05) is 6.07 Å². The van der Waals surface area contributed by atoms with Crippen molar-refractivity contribution >= 4 is 29.1 Å². The molecular formula is C20H25N5. The number of fused-ring (bicyclic) bond motifs is 1. The first-order chi connectivity index (χ1) is 12.1. The van der Waals surface area contributed by atoms with Crippen LogP contribution in [-0.4, -0.2) is 44.5 Å². The molecule has 0 radical (unpaired) electrons. The lowest BCUT2D eigenvalue weighted by Crippen LogP contribution is -2.44. The average molecular weight is 335 g/mol. The van der Waals surface area contributed by atoms with E-state index in [2.05, 4.69) is 57.9 Å². The van der Waals surface area contributed by atoms with Crippen LogP contribution in [0.2, 0.25) is 0 Å². The van der Waals surface area contributed by atoms with Crippen molar-refractivity contribution in [2.24, 2.45) is 4.99 Å². The number of aryl methyl sites for hydroxylation is 1.